The Bertz CT molecular complexity index is 740. The van der Waals surface area contributed by atoms with Crippen molar-refractivity contribution in [1.29, 1.82) is 0 Å². The maximum Gasteiger partial charge on any atom is 0.253 e. The minimum atomic E-state index is -0.809. The highest BCUT2D eigenvalue weighted by Crippen LogP contribution is 2.12. The van der Waals surface area contributed by atoms with Crippen LogP contribution in [0.2, 0.25) is 0 Å². The molecule has 0 saturated carbocycles. The SMILES string of the molecule is Cc1cc(Br)cn(CC(=O)c2cc(F)ccc2F)c1=O. The summed E-state index contributed by atoms with van der Waals surface area (Å²) in [6, 6.07) is 4.26. The Hall–Kier alpha value is -1.82. The zero-order chi connectivity index (χ0) is 14.9. The molecule has 1 aromatic heterocycles. The van der Waals surface area contributed by atoms with Crippen LogP contribution in [0, 0.1) is 18.6 Å². The van der Waals surface area contributed by atoms with Gasteiger partial charge in [0.1, 0.15) is 11.6 Å². The highest BCUT2D eigenvalue weighted by molar-refractivity contribution is 9.10. The number of carbonyl (C=O) groups is 1. The second-order valence-electron chi connectivity index (χ2n) is 4.32. The molecule has 0 aliphatic rings. The molecule has 0 atom stereocenters. The number of aromatic nitrogens is 1. The lowest BCUT2D eigenvalue weighted by molar-refractivity contribution is 0.0966. The van der Waals surface area contributed by atoms with Crippen LogP contribution in [0.4, 0.5) is 8.78 Å². The van der Waals surface area contributed by atoms with Crippen LogP contribution in [0.15, 0.2) is 39.7 Å². The minimum Gasteiger partial charge on any atom is -0.306 e. The Balaban J connectivity index is 2.38. The third-order valence-electron chi connectivity index (χ3n) is 2.77. The molecule has 0 fully saturated rings. The molecule has 0 aliphatic carbocycles. The van der Waals surface area contributed by atoms with E-state index in [4.69, 9.17) is 0 Å². The number of aryl methyl sites for hydroxylation is 1. The van der Waals surface area contributed by atoms with Crippen LogP contribution in [0.25, 0.3) is 0 Å². The van der Waals surface area contributed by atoms with E-state index in [0.717, 1.165) is 22.8 Å². The van der Waals surface area contributed by atoms with E-state index in [1.165, 1.54) is 6.20 Å². The first-order chi connectivity index (χ1) is 9.38. The van der Waals surface area contributed by atoms with Gasteiger partial charge < -0.3 is 4.57 Å². The molecule has 0 saturated heterocycles. The average molecular weight is 342 g/mol. The zero-order valence-corrected chi connectivity index (χ0v) is 12.1. The van der Waals surface area contributed by atoms with E-state index in [0.29, 0.717) is 10.0 Å². The molecular formula is C14H10BrF2NO2. The van der Waals surface area contributed by atoms with E-state index >= 15 is 0 Å². The molecule has 0 bridgehead atoms. The number of rotatable bonds is 3. The number of ketones is 1. The lowest BCUT2D eigenvalue weighted by atomic mass is 10.1. The van der Waals surface area contributed by atoms with Gasteiger partial charge >= 0.3 is 0 Å². The molecule has 0 spiro atoms. The largest absolute Gasteiger partial charge is 0.306 e. The molecule has 0 radical (unpaired) electrons. The van der Waals surface area contributed by atoms with E-state index in [-0.39, 0.29) is 17.7 Å². The van der Waals surface area contributed by atoms with E-state index in [1.54, 1.807) is 13.0 Å². The van der Waals surface area contributed by atoms with Crippen molar-refractivity contribution in [2.75, 3.05) is 0 Å². The fraction of sp³-hybridized carbons (Fsp3) is 0.143. The molecule has 3 nitrogen and oxygen atoms in total. The van der Waals surface area contributed by atoms with Gasteiger partial charge in [-0.3, -0.25) is 9.59 Å². The van der Waals surface area contributed by atoms with Crippen LogP contribution in [0.5, 0.6) is 0 Å². The highest BCUT2D eigenvalue weighted by atomic mass is 79.9. The first kappa shape index (κ1) is 14.6. The van der Waals surface area contributed by atoms with E-state index < -0.39 is 17.4 Å². The normalized spacial score (nSPS) is 10.6. The fourth-order valence-electron chi connectivity index (χ4n) is 1.81. The Labute approximate surface area is 122 Å². The van der Waals surface area contributed by atoms with E-state index in [2.05, 4.69) is 15.9 Å². The van der Waals surface area contributed by atoms with Gasteiger partial charge in [-0.05, 0) is 47.1 Å². The van der Waals surface area contributed by atoms with Gasteiger partial charge in [0.2, 0.25) is 0 Å². The standard InChI is InChI=1S/C14H10BrF2NO2/c1-8-4-9(15)6-18(14(8)20)7-13(19)11-5-10(16)2-3-12(11)17/h2-6H,7H2,1H3. The van der Waals surface area contributed by atoms with Crippen LogP contribution in [-0.2, 0) is 6.54 Å². The maximum atomic E-state index is 13.5. The smallest absolute Gasteiger partial charge is 0.253 e. The topological polar surface area (TPSA) is 39.1 Å². The third-order valence-corrected chi connectivity index (χ3v) is 3.21. The predicted molar refractivity (Wildman–Crippen MR) is 73.8 cm³/mol. The van der Waals surface area contributed by atoms with Crippen molar-refractivity contribution in [2.45, 2.75) is 13.5 Å². The summed E-state index contributed by atoms with van der Waals surface area (Å²) < 4.78 is 28.3. The lowest BCUT2D eigenvalue weighted by Crippen LogP contribution is -2.25. The first-order valence-electron chi connectivity index (χ1n) is 5.73. The number of halogens is 3. The summed E-state index contributed by atoms with van der Waals surface area (Å²) in [6.07, 6.45) is 1.43. The lowest BCUT2D eigenvalue weighted by Gasteiger charge is -2.08. The Kier molecular flexibility index (Phi) is 4.13. The van der Waals surface area contributed by atoms with Gasteiger partial charge in [0.05, 0.1) is 12.1 Å². The second-order valence-corrected chi connectivity index (χ2v) is 5.24. The fourth-order valence-corrected chi connectivity index (χ4v) is 2.40. The molecule has 0 N–H and O–H groups in total. The summed E-state index contributed by atoms with van der Waals surface area (Å²) in [5, 5.41) is 0. The van der Waals surface area contributed by atoms with Crippen LogP contribution < -0.4 is 5.56 Å². The molecule has 6 heteroatoms. The molecule has 1 aromatic carbocycles. The number of benzene rings is 1. The first-order valence-corrected chi connectivity index (χ1v) is 6.52. The Morgan fingerprint density at radius 3 is 2.70 bits per heavy atom. The van der Waals surface area contributed by atoms with Gasteiger partial charge in [0.25, 0.3) is 5.56 Å². The molecule has 0 amide bonds. The predicted octanol–water partition coefficient (Wildman–Crippen LogP) is 3.08. The van der Waals surface area contributed by atoms with Crippen LogP contribution >= 0.6 is 15.9 Å². The van der Waals surface area contributed by atoms with Gasteiger partial charge in [0, 0.05) is 16.2 Å². The summed E-state index contributed by atoms with van der Waals surface area (Å²) in [5.74, 6) is -2.18. The van der Waals surface area contributed by atoms with Crippen molar-refractivity contribution in [3.63, 3.8) is 0 Å². The Morgan fingerprint density at radius 1 is 1.30 bits per heavy atom. The van der Waals surface area contributed by atoms with Crippen molar-refractivity contribution >= 4 is 21.7 Å². The van der Waals surface area contributed by atoms with Crippen molar-refractivity contribution in [2.24, 2.45) is 0 Å². The van der Waals surface area contributed by atoms with Gasteiger partial charge in [-0.2, -0.15) is 0 Å². The molecule has 0 aliphatic heterocycles. The summed E-state index contributed by atoms with van der Waals surface area (Å²) in [4.78, 5) is 23.8. The summed E-state index contributed by atoms with van der Waals surface area (Å²) >= 11 is 3.21. The van der Waals surface area contributed by atoms with Gasteiger partial charge in [-0.1, -0.05) is 0 Å². The van der Waals surface area contributed by atoms with E-state index in [9.17, 15) is 18.4 Å². The number of nitrogens with zero attached hydrogens (tertiary/aromatic N) is 1. The Morgan fingerprint density at radius 2 is 2.00 bits per heavy atom. The molecule has 20 heavy (non-hydrogen) atoms. The number of hydrogen-bond donors (Lipinski definition) is 0. The van der Waals surface area contributed by atoms with Gasteiger partial charge in [0.15, 0.2) is 5.78 Å². The molecule has 2 aromatic rings. The summed E-state index contributed by atoms with van der Waals surface area (Å²) in [6.45, 7) is 1.26. The van der Waals surface area contributed by atoms with Crippen molar-refractivity contribution in [3.8, 4) is 0 Å². The minimum absolute atomic E-state index is 0.348. The number of carbonyl (C=O) groups excluding carboxylic acids is 1. The molecular weight excluding hydrogens is 332 g/mol. The molecule has 2 rings (SSSR count). The van der Waals surface area contributed by atoms with Crippen LogP contribution in [0.1, 0.15) is 15.9 Å². The molecule has 0 unspecified atom stereocenters. The monoisotopic (exact) mass is 341 g/mol. The van der Waals surface area contributed by atoms with E-state index in [1.807, 2.05) is 0 Å². The van der Waals surface area contributed by atoms with Gasteiger partial charge in [-0.15, -0.1) is 0 Å². The van der Waals surface area contributed by atoms with Gasteiger partial charge in [-0.25, -0.2) is 8.78 Å². The zero-order valence-electron chi connectivity index (χ0n) is 10.5. The van der Waals surface area contributed by atoms with Crippen LogP contribution in [0.3, 0.4) is 0 Å². The second kappa shape index (κ2) is 5.66. The summed E-state index contributed by atoms with van der Waals surface area (Å²) in [7, 11) is 0. The number of hydrogen-bond acceptors (Lipinski definition) is 2. The van der Waals surface area contributed by atoms with Crippen molar-refractivity contribution < 1.29 is 13.6 Å². The molecule has 104 valence electrons. The molecule has 1 heterocycles. The van der Waals surface area contributed by atoms with Crippen molar-refractivity contribution in [3.05, 3.63) is 68.1 Å². The third kappa shape index (κ3) is 3.01. The number of pyridine rings is 1. The summed E-state index contributed by atoms with van der Waals surface area (Å²) in [5.41, 5.74) is -0.264. The van der Waals surface area contributed by atoms with Crippen LogP contribution in [-0.4, -0.2) is 10.4 Å². The highest BCUT2D eigenvalue weighted by Gasteiger charge is 2.14. The quantitative estimate of drug-likeness (QED) is 0.805. The number of Topliss-reactive ketones (excluding diaryl/α,β-unsaturated/α-hetero) is 1. The van der Waals surface area contributed by atoms with Crippen molar-refractivity contribution in [1.82, 2.24) is 4.57 Å². The average Bonchev–Trinajstić information content (AvgIpc) is 2.38. The maximum absolute atomic E-state index is 13.5.